The van der Waals surface area contributed by atoms with E-state index in [4.69, 9.17) is 0 Å². The van der Waals surface area contributed by atoms with E-state index in [2.05, 4.69) is 24.4 Å². The van der Waals surface area contributed by atoms with Crippen molar-refractivity contribution in [3.05, 3.63) is 71.3 Å². The maximum Gasteiger partial charge on any atom is 0.243 e. The SMILES string of the molecule is CCC(C(=O)NC(C)C)N(Cc1ccccc1)C(=O)CSCc1ccccc1C. The first-order chi connectivity index (χ1) is 13.9. The molecule has 0 spiro atoms. The van der Waals surface area contributed by atoms with E-state index >= 15 is 0 Å². The van der Waals surface area contributed by atoms with Gasteiger partial charge in [-0.15, -0.1) is 11.8 Å². The van der Waals surface area contributed by atoms with E-state index in [0.29, 0.717) is 18.7 Å². The van der Waals surface area contributed by atoms with Crippen molar-refractivity contribution in [2.75, 3.05) is 5.75 Å². The zero-order valence-corrected chi connectivity index (χ0v) is 18.7. The number of benzene rings is 2. The molecule has 0 fully saturated rings. The van der Waals surface area contributed by atoms with E-state index in [0.717, 1.165) is 11.3 Å². The van der Waals surface area contributed by atoms with Gasteiger partial charge in [0.05, 0.1) is 5.75 Å². The number of thioether (sulfide) groups is 1. The molecule has 0 aromatic heterocycles. The number of nitrogens with one attached hydrogen (secondary N) is 1. The highest BCUT2D eigenvalue weighted by molar-refractivity contribution is 7.99. The Bertz CT molecular complexity index is 792. The van der Waals surface area contributed by atoms with Crippen LogP contribution in [0.2, 0.25) is 0 Å². The van der Waals surface area contributed by atoms with E-state index in [1.807, 2.05) is 63.2 Å². The Morgan fingerprint density at radius 2 is 1.69 bits per heavy atom. The number of hydrogen-bond acceptors (Lipinski definition) is 3. The predicted molar refractivity (Wildman–Crippen MR) is 122 cm³/mol. The second-order valence-corrected chi connectivity index (χ2v) is 8.50. The minimum absolute atomic E-state index is 0.00167. The van der Waals surface area contributed by atoms with Crippen molar-refractivity contribution in [3.63, 3.8) is 0 Å². The Morgan fingerprint density at radius 3 is 2.31 bits per heavy atom. The van der Waals surface area contributed by atoms with E-state index in [9.17, 15) is 9.59 Å². The van der Waals surface area contributed by atoms with Crippen LogP contribution in [0.4, 0.5) is 0 Å². The minimum Gasteiger partial charge on any atom is -0.352 e. The van der Waals surface area contributed by atoms with Crippen LogP contribution in [0.3, 0.4) is 0 Å². The molecule has 156 valence electrons. The zero-order chi connectivity index (χ0) is 21.2. The van der Waals surface area contributed by atoms with Gasteiger partial charge in [0.25, 0.3) is 0 Å². The first kappa shape index (κ1) is 23.0. The maximum atomic E-state index is 13.1. The Hall–Kier alpha value is -2.27. The molecular weight excluding hydrogens is 380 g/mol. The number of aryl methyl sites for hydroxylation is 1. The van der Waals surface area contributed by atoms with Crippen molar-refractivity contribution < 1.29 is 9.59 Å². The number of carbonyl (C=O) groups is 2. The second-order valence-electron chi connectivity index (χ2n) is 7.51. The molecule has 0 bridgehead atoms. The van der Waals surface area contributed by atoms with Crippen LogP contribution in [0.15, 0.2) is 54.6 Å². The highest BCUT2D eigenvalue weighted by Gasteiger charge is 2.28. The van der Waals surface area contributed by atoms with E-state index in [1.54, 1.807) is 16.7 Å². The van der Waals surface area contributed by atoms with Crippen LogP contribution in [0.1, 0.15) is 43.9 Å². The molecule has 5 heteroatoms. The normalized spacial score (nSPS) is 11.9. The molecule has 0 aliphatic rings. The van der Waals surface area contributed by atoms with Crippen molar-refractivity contribution >= 4 is 23.6 Å². The van der Waals surface area contributed by atoms with Crippen LogP contribution >= 0.6 is 11.8 Å². The summed E-state index contributed by atoms with van der Waals surface area (Å²) in [6.45, 7) is 8.35. The third-order valence-electron chi connectivity index (χ3n) is 4.76. The van der Waals surface area contributed by atoms with Gasteiger partial charge in [-0.1, -0.05) is 61.5 Å². The quantitative estimate of drug-likeness (QED) is 0.622. The molecule has 0 radical (unpaired) electrons. The molecule has 4 nitrogen and oxygen atoms in total. The molecular formula is C24H32N2O2S. The molecule has 0 heterocycles. The van der Waals surface area contributed by atoms with Crippen LogP contribution in [0.5, 0.6) is 0 Å². The lowest BCUT2D eigenvalue weighted by Crippen LogP contribution is -2.50. The summed E-state index contributed by atoms with van der Waals surface area (Å²) in [7, 11) is 0. The molecule has 1 unspecified atom stereocenters. The Kier molecular flexibility index (Phi) is 9.26. The van der Waals surface area contributed by atoms with Gasteiger partial charge in [-0.3, -0.25) is 9.59 Å². The molecule has 2 aromatic carbocycles. The van der Waals surface area contributed by atoms with Gasteiger partial charge in [0.1, 0.15) is 6.04 Å². The van der Waals surface area contributed by atoms with E-state index in [1.165, 1.54) is 11.1 Å². The topological polar surface area (TPSA) is 49.4 Å². The molecule has 0 aliphatic carbocycles. The molecule has 29 heavy (non-hydrogen) atoms. The Morgan fingerprint density at radius 1 is 1.03 bits per heavy atom. The van der Waals surface area contributed by atoms with E-state index < -0.39 is 6.04 Å². The Labute approximate surface area is 179 Å². The fourth-order valence-electron chi connectivity index (χ4n) is 3.18. The van der Waals surface area contributed by atoms with Gasteiger partial charge >= 0.3 is 0 Å². The van der Waals surface area contributed by atoms with Gasteiger partial charge in [0.2, 0.25) is 11.8 Å². The summed E-state index contributed by atoms with van der Waals surface area (Å²) in [6, 6.07) is 17.7. The number of hydrogen-bond donors (Lipinski definition) is 1. The predicted octanol–water partition coefficient (Wildman–Crippen LogP) is 4.56. The van der Waals surface area contributed by atoms with Crippen molar-refractivity contribution in [1.82, 2.24) is 10.2 Å². The van der Waals surface area contributed by atoms with Crippen LogP contribution in [-0.2, 0) is 21.9 Å². The van der Waals surface area contributed by atoms with Gasteiger partial charge in [0, 0.05) is 18.3 Å². The number of carbonyl (C=O) groups excluding carboxylic acids is 2. The zero-order valence-electron chi connectivity index (χ0n) is 17.9. The Balaban J connectivity index is 2.11. The molecule has 1 N–H and O–H groups in total. The number of amides is 2. The third-order valence-corrected chi connectivity index (χ3v) is 5.72. The lowest BCUT2D eigenvalue weighted by Gasteiger charge is -2.31. The van der Waals surface area contributed by atoms with Crippen molar-refractivity contribution in [3.8, 4) is 0 Å². The summed E-state index contributed by atoms with van der Waals surface area (Å²) in [5, 5.41) is 2.96. The molecule has 2 amide bonds. The van der Waals surface area contributed by atoms with Crippen molar-refractivity contribution in [2.24, 2.45) is 0 Å². The fraction of sp³-hybridized carbons (Fsp3) is 0.417. The lowest BCUT2D eigenvalue weighted by atomic mass is 10.1. The van der Waals surface area contributed by atoms with Crippen LogP contribution < -0.4 is 5.32 Å². The highest BCUT2D eigenvalue weighted by atomic mass is 32.2. The smallest absolute Gasteiger partial charge is 0.243 e. The van der Waals surface area contributed by atoms with Gasteiger partial charge in [0.15, 0.2) is 0 Å². The average Bonchev–Trinajstić information content (AvgIpc) is 2.69. The summed E-state index contributed by atoms with van der Waals surface area (Å²) >= 11 is 1.60. The molecule has 0 saturated carbocycles. The molecule has 2 aromatic rings. The van der Waals surface area contributed by atoms with Crippen molar-refractivity contribution in [1.29, 1.82) is 0 Å². The summed E-state index contributed by atoms with van der Waals surface area (Å²) in [4.78, 5) is 27.6. The standard InChI is InChI=1S/C24H32N2O2S/c1-5-22(24(28)25-18(2)3)26(15-20-12-7-6-8-13-20)23(27)17-29-16-21-14-10-9-11-19(21)4/h6-14,18,22H,5,15-17H2,1-4H3,(H,25,28). The van der Waals surface area contributed by atoms with Gasteiger partial charge < -0.3 is 10.2 Å². The third kappa shape index (κ3) is 7.24. The van der Waals surface area contributed by atoms with Crippen LogP contribution in [-0.4, -0.2) is 34.6 Å². The van der Waals surface area contributed by atoms with Crippen molar-refractivity contribution in [2.45, 2.75) is 58.5 Å². The number of rotatable bonds is 10. The molecule has 1 atom stereocenters. The summed E-state index contributed by atoms with van der Waals surface area (Å²) in [5.41, 5.74) is 3.50. The summed E-state index contributed by atoms with van der Waals surface area (Å²) in [6.07, 6.45) is 0.583. The number of nitrogens with zero attached hydrogens (tertiary/aromatic N) is 1. The van der Waals surface area contributed by atoms with Crippen LogP contribution in [0, 0.1) is 6.92 Å². The van der Waals surface area contributed by atoms with E-state index in [-0.39, 0.29) is 17.9 Å². The molecule has 2 rings (SSSR count). The first-order valence-corrected chi connectivity index (χ1v) is 11.3. The monoisotopic (exact) mass is 412 g/mol. The minimum atomic E-state index is -0.468. The molecule has 0 saturated heterocycles. The van der Waals surface area contributed by atoms with Gasteiger partial charge in [-0.2, -0.15) is 0 Å². The average molecular weight is 413 g/mol. The largest absolute Gasteiger partial charge is 0.352 e. The summed E-state index contributed by atoms with van der Waals surface area (Å²) in [5.74, 6) is 1.05. The highest BCUT2D eigenvalue weighted by Crippen LogP contribution is 2.19. The lowest BCUT2D eigenvalue weighted by molar-refractivity contribution is -0.139. The summed E-state index contributed by atoms with van der Waals surface area (Å²) < 4.78 is 0. The maximum absolute atomic E-state index is 13.1. The van der Waals surface area contributed by atoms with Gasteiger partial charge in [-0.05, 0) is 43.9 Å². The molecule has 0 aliphatic heterocycles. The second kappa shape index (κ2) is 11.7. The fourth-order valence-corrected chi connectivity index (χ4v) is 4.17. The first-order valence-electron chi connectivity index (χ1n) is 10.2. The van der Waals surface area contributed by atoms with Gasteiger partial charge in [-0.25, -0.2) is 0 Å². The van der Waals surface area contributed by atoms with Crippen LogP contribution in [0.25, 0.3) is 0 Å².